The standard InChI is InChI=1S/C32H55NO24/c1-7-14(38)18(42)21(45)30(49-7)55-25-13(33-9(3)37)29(56-26-17(41)11(5-35)51-28(48)23(26)47)53-12(6-36)24(25)54-32-27(20(44)16(40)10(4-34)52-32)57-31-22(46)19(43)15(39)8(2)50-31/h7-8,10-32,34-36,38-48H,4-6H2,1-3H3,(H,33,37)/t7-,8-,10+,11+,12+,13+,14+,15+,16-,17+,18+,19+,20-,21-,22-,23+,24+,25+,26-,27+,28+,29-,30-,31-,32-/m0/s1. The molecule has 1 amide bonds. The number of hydrogen-bond donors (Lipinski definition) is 15. The van der Waals surface area contributed by atoms with Gasteiger partial charge in [0.05, 0.1) is 32.0 Å². The van der Waals surface area contributed by atoms with Crippen molar-refractivity contribution < 1.29 is 119 Å². The lowest BCUT2D eigenvalue weighted by Gasteiger charge is -2.52. The third kappa shape index (κ3) is 9.71. The topological polar surface area (TPSA) is 395 Å². The van der Waals surface area contributed by atoms with E-state index >= 15 is 0 Å². The minimum atomic E-state index is -2.02. The molecule has 0 unspecified atom stereocenters. The molecule has 57 heavy (non-hydrogen) atoms. The summed E-state index contributed by atoms with van der Waals surface area (Å²) in [5.74, 6) is -0.811. The molecular formula is C32H55NO24. The van der Waals surface area contributed by atoms with E-state index in [9.17, 15) is 76.3 Å². The van der Waals surface area contributed by atoms with Crippen molar-refractivity contribution in [3.05, 3.63) is 0 Å². The Kier molecular flexibility index (Phi) is 16.0. The van der Waals surface area contributed by atoms with Gasteiger partial charge in [-0.2, -0.15) is 0 Å². The van der Waals surface area contributed by atoms with Crippen molar-refractivity contribution in [2.24, 2.45) is 0 Å². The maximum atomic E-state index is 12.7. The van der Waals surface area contributed by atoms with Gasteiger partial charge in [0.1, 0.15) is 110 Å². The summed E-state index contributed by atoms with van der Waals surface area (Å²) in [4.78, 5) is 12.7. The van der Waals surface area contributed by atoms with E-state index in [2.05, 4.69) is 5.32 Å². The van der Waals surface area contributed by atoms with Gasteiger partial charge in [-0.15, -0.1) is 0 Å². The van der Waals surface area contributed by atoms with Crippen molar-refractivity contribution >= 4 is 5.91 Å². The molecule has 0 saturated carbocycles. The summed E-state index contributed by atoms with van der Waals surface area (Å²) in [7, 11) is 0. The van der Waals surface area contributed by atoms with Crippen molar-refractivity contribution in [3.63, 3.8) is 0 Å². The third-order valence-electron chi connectivity index (χ3n) is 10.6. The smallest absolute Gasteiger partial charge is 0.217 e. The quantitative estimate of drug-likeness (QED) is 0.0867. The van der Waals surface area contributed by atoms with Crippen LogP contribution in [0.3, 0.4) is 0 Å². The number of carbonyl (C=O) groups is 1. The first-order chi connectivity index (χ1) is 26.8. The predicted octanol–water partition coefficient (Wildman–Crippen LogP) is -9.73. The van der Waals surface area contributed by atoms with E-state index in [1.54, 1.807) is 0 Å². The van der Waals surface area contributed by atoms with Crippen molar-refractivity contribution in [1.82, 2.24) is 5.32 Å². The van der Waals surface area contributed by atoms with Gasteiger partial charge in [-0.05, 0) is 13.8 Å². The van der Waals surface area contributed by atoms with Gasteiger partial charge in [-0.25, -0.2) is 0 Å². The Morgan fingerprint density at radius 1 is 0.456 bits per heavy atom. The Balaban J connectivity index is 1.54. The van der Waals surface area contributed by atoms with Gasteiger partial charge in [-0.1, -0.05) is 0 Å². The molecule has 0 bridgehead atoms. The first kappa shape index (κ1) is 46.6. The maximum absolute atomic E-state index is 12.7. The molecule has 0 aromatic rings. The van der Waals surface area contributed by atoms with Crippen LogP contribution < -0.4 is 5.32 Å². The summed E-state index contributed by atoms with van der Waals surface area (Å²) in [5, 5.41) is 150. The lowest BCUT2D eigenvalue weighted by atomic mass is 9.93. The molecule has 5 rings (SSSR count). The Morgan fingerprint density at radius 3 is 1.42 bits per heavy atom. The van der Waals surface area contributed by atoms with Crippen LogP contribution >= 0.6 is 0 Å². The molecule has 5 fully saturated rings. The predicted molar refractivity (Wildman–Crippen MR) is 175 cm³/mol. The fraction of sp³-hybridized carbons (Fsp3) is 0.969. The molecule has 5 aliphatic rings. The zero-order valence-electron chi connectivity index (χ0n) is 30.9. The van der Waals surface area contributed by atoms with Crippen molar-refractivity contribution in [2.75, 3.05) is 19.8 Å². The molecule has 0 aromatic carbocycles. The third-order valence-corrected chi connectivity index (χ3v) is 10.6. The Bertz CT molecular complexity index is 1290. The zero-order chi connectivity index (χ0) is 42.2. The minimum absolute atomic E-state index is 0.811. The molecule has 25 heteroatoms. The number of ether oxygens (including phenoxy) is 9. The molecular weight excluding hydrogens is 782 g/mol. The number of aliphatic hydroxyl groups is 14. The lowest BCUT2D eigenvalue weighted by molar-refractivity contribution is -0.398. The van der Waals surface area contributed by atoms with Crippen LogP contribution in [0, 0.1) is 0 Å². The molecule has 25 atom stereocenters. The van der Waals surface area contributed by atoms with Crippen LogP contribution in [0.4, 0.5) is 0 Å². The largest absolute Gasteiger partial charge is 0.394 e. The first-order valence-corrected chi connectivity index (χ1v) is 18.3. The first-order valence-electron chi connectivity index (χ1n) is 18.3. The second kappa shape index (κ2) is 19.5. The average molecular weight is 838 g/mol. The van der Waals surface area contributed by atoms with E-state index < -0.39 is 179 Å². The number of aliphatic hydroxyl groups excluding tert-OH is 14. The molecule has 0 aliphatic carbocycles. The Hall–Kier alpha value is -1.45. The van der Waals surface area contributed by atoms with E-state index in [0.29, 0.717) is 0 Å². The molecule has 25 nitrogen and oxygen atoms in total. The zero-order valence-corrected chi connectivity index (χ0v) is 30.9. The van der Waals surface area contributed by atoms with Crippen molar-refractivity contribution in [1.29, 1.82) is 0 Å². The van der Waals surface area contributed by atoms with Gasteiger partial charge in [-0.3, -0.25) is 4.79 Å². The van der Waals surface area contributed by atoms with Crippen LogP contribution in [0.2, 0.25) is 0 Å². The van der Waals surface area contributed by atoms with Gasteiger partial charge in [0.25, 0.3) is 0 Å². The molecule has 0 aromatic heterocycles. The molecule has 332 valence electrons. The monoisotopic (exact) mass is 837 g/mol. The molecule has 5 aliphatic heterocycles. The fourth-order valence-corrected chi connectivity index (χ4v) is 7.29. The van der Waals surface area contributed by atoms with Crippen LogP contribution in [-0.2, 0) is 47.4 Å². The SMILES string of the molecule is CC(=O)N[C@H]1[C@H](O[C@@H]2[C@@H](O)[C@H](O)O[C@H](CO)[C@H]2O)O[C@H](CO)[C@@H](O[C@@H]2O[C@H](CO)[C@H](O)[C@H](O)[C@H]2O[C@@H]2O[C@@H](C)[C@@H](O)[C@@H](O)[C@@H]2O)[C@@H]1O[C@@H]1O[C@@H](C)[C@@H](O)[C@@H](O)[C@@H]1O. The normalized spacial score (nSPS) is 52.3. The number of rotatable bonds is 12. The highest BCUT2D eigenvalue weighted by atomic mass is 16.8. The summed E-state index contributed by atoms with van der Waals surface area (Å²) in [6.45, 7) is 0.931. The van der Waals surface area contributed by atoms with E-state index in [4.69, 9.17) is 42.6 Å². The number of amides is 1. The highest BCUT2D eigenvalue weighted by Gasteiger charge is 2.57. The summed E-state index contributed by atoms with van der Waals surface area (Å²) in [6, 6.07) is -1.70. The lowest BCUT2D eigenvalue weighted by Crippen LogP contribution is -2.71. The number of carbonyl (C=O) groups excluding carboxylic acids is 1. The molecule has 0 spiro atoms. The molecule has 0 radical (unpaired) electrons. The molecule has 5 heterocycles. The minimum Gasteiger partial charge on any atom is -0.394 e. The maximum Gasteiger partial charge on any atom is 0.217 e. The second-order valence-electron chi connectivity index (χ2n) is 14.7. The summed E-state index contributed by atoms with van der Waals surface area (Å²) in [5.41, 5.74) is 0. The summed E-state index contributed by atoms with van der Waals surface area (Å²) in [6.07, 6.45) is -42.5. The Labute approximate surface area is 324 Å². The van der Waals surface area contributed by atoms with E-state index in [-0.39, 0.29) is 0 Å². The summed E-state index contributed by atoms with van der Waals surface area (Å²) >= 11 is 0. The summed E-state index contributed by atoms with van der Waals surface area (Å²) < 4.78 is 51.9. The highest BCUT2D eigenvalue weighted by molar-refractivity contribution is 5.73. The van der Waals surface area contributed by atoms with Gasteiger partial charge >= 0.3 is 0 Å². The second-order valence-corrected chi connectivity index (χ2v) is 14.7. The van der Waals surface area contributed by atoms with E-state index in [1.165, 1.54) is 13.8 Å². The average Bonchev–Trinajstić information content (AvgIpc) is 3.18. The van der Waals surface area contributed by atoms with Crippen LogP contribution in [0.25, 0.3) is 0 Å². The molecule has 5 saturated heterocycles. The van der Waals surface area contributed by atoms with E-state index in [1.807, 2.05) is 0 Å². The van der Waals surface area contributed by atoms with E-state index in [0.717, 1.165) is 6.92 Å². The van der Waals surface area contributed by atoms with Crippen LogP contribution in [0.5, 0.6) is 0 Å². The van der Waals surface area contributed by atoms with Crippen molar-refractivity contribution in [2.45, 2.75) is 174 Å². The van der Waals surface area contributed by atoms with Crippen LogP contribution in [-0.4, -0.2) is 251 Å². The van der Waals surface area contributed by atoms with Crippen molar-refractivity contribution in [3.8, 4) is 0 Å². The number of hydrogen-bond acceptors (Lipinski definition) is 24. The van der Waals surface area contributed by atoms with Crippen LogP contribution in [0.15, 0.2) is 0 Å². The highest BCUT2D eigenvalue weighted by Crippen LogP contribution is 2.37. The van der Waals surface area contributed by atoms with Gasteiger partial charge < -0.3 is 119 Å². The fourth-order valence-electron chi connectivity index (χ4n) is 7.29. The van der Waals surface area contributed by atoms with Gasteiger partial charge in [0.2, 0.25) is 5.91 Å². The van der Waals surface area contributed by atoms with Gasteiger partial charge in [0, 0.05) is 6.92 Å². The Morgan fingerprint density at radius 2 is 0.912 bits per heavy atom. The van der Waals surface area contributed by atoms with Gasteiger partial charge in [0.15, 0.2) is 31.5 Å². The number of nitrogens with one attached hydrogen (secondary N) is 1. The molecule has 15 N–H and O–H groups in total. The van der Waals surface area contributed by atoms with Crippen LogP contribution in [0.1, 0.15) is 20.8 Å².